The molecule has 2 aliphatic heterocycles. The predicted octanol–water partition coefficient (Wildman–Crippen LogP) is 1.44. The van der Waals surface area contributed by atoms with Gasteiger partial charge in [0.15, 0.2) is 0 Å². The van der Waals surface area contributed by atoms with Crippen molar-refractivity contribution in [3.8, 4) is 0 Å². The first-order chi connectivity index (χ1) is 14.1. The Bertz CT molecular complexity index is 889. The highest BCUT2D eigenvalue weighted by Crippen LogP contribution is 2.33. The molecular formula is C18H21F3N6O3. The van der Waals surface area contributed by atoms with Crippen LogP contribution in [0.1, 0.15) is 16.9 Å². The van der Waals surface area contributed by atoms with Gasteiger partial charge >= 0.3 is 12.1 Å². The summed E-state index contributed by atoms with van der Waals surface area (Å²) in [5, 5.41) is 11.4. The number of carbonyl (C=O) groups excluding carboxylic acids is 1. The lowest BCUT2D eigenvalue weighted by atomic mass is 9.89. The number of piperidine rings is 1. The van der Waals surface area contributed by atoms with Gasteiger partial charge in [-0.1, -0.05) is 0 Å². The van der Waals surface area contributed by atoms with Gasteiger partial charge in [-0.25, -0.2) is 9.78 Å². The molecule has 0 saturated carbocycles. The van der Waals surface area contributed by atoms with E-state index in [-0.39, 0.29) is 5.91 Å². The Hall–Kier alpha value is -3.18. The molecule has 0 aromatic carbocycles. The lowest BCUT2D eigenvalue weighted by Crippen LogP contribution is -2.40. The molecular weight excluding hydrogens is 405 g/mol. The van der Waals surface area contributed by atoms with Crippen molar-refractivity contribution in [1.29, 1.82) is 0 Å². The van der Waals surface area contributed by atoms with E-state index < -0.39 is 12.1 Å². The number of hydrogen-bond acceptors (Lipinski definition) is 6. The number of carboxylic acid groups (broad SMARTS) is 1. The number of amides is 1. The summed E-state index contributed by atoms with van der Waals surface area (Å²) < 4.78 is 33.4. The summed E-state index contributed by atoms with van der Waals surface area (Å²) in [5.41, 5.74) is 0.539. The molecule has 0 bridgehead atoms. The van der Waals surface area contributed by atoms with Crippen LogP contribution in [0, 0.1) is 11.8 Å². The Morgan fingerprint density at radius 2 is 1.87 bits per heavy atom. The van der Waals surface area contributed by atoms with E-state index >= 15 is 0 Å². The molecule has 30 heavy (non-hydrogen) atoms. The fourth-order valence-electron chi connectivity index (χ4n) is 3.69. The van der Waals surface area contributed by atoms with Crippen LogP contribution in [0.4, 0.5) is 19.0 Å². The SMILES string of the molecule is Cn1ccc(C(=O)N2C[C@@H]3CCN(c4cnccn4)C[C@@H]3C2)n1.O=C(O)C(F)(F)F. The van der Waals surface area contributed by atoms with Crippen LogP contribution < -0.4 is 4.90 Å². The fraction of sp³-hybridized carbons (Fsp3) is 0.500. The van der Waals surface area contributed by atoms with Crippen LogP contribution >= 0.6 is 0 Å². The van der Waals surface area contributed by atoms with Crippen LogP contribution in [-0.4, -0.2) is 74.0 Å². The van der Waals surface area contributed by atoms with Crippen molar-refractivity contribution in [3.05, 3.63) is 36.5 Å². The molecule has 2 atom stereocenters. The van der Waals surface area contributed by atoms with Gasteiger partial charge < -0.3 is 14.9 Å². The van der Waals surface area contributed by atoms with Crippen molar-refractivity contribution in [2.24, 2.45) is 18.9 Å². The predicted molar refractivity (Wildman–Crippen MR) is 98.6 cm³/mol. The number of fused-ring (bicyclic) bond motifs is 1. The molecule has 9 nitrogen and oxygen atoms in total. The number of carbonyl (C=O) groups is 2. The van der Waals surface area contributed by atoms with Gasteiger partial charge in [-0.05, 0) is 24.3 Å². The molecule has 0 unspecified atom stereocenters. The zero-order valence-electron chi connectivity index (χ0n) is 16.2. The first-order valence-corrected chi connectivity index (χ1v) is 9.25. The van der Waals surface area contributed by atoms with E-state index in [1.54, 1.807) is 23.1 Å². The Morgan fingerprint density at radius 3 is 2.43 bits per heavy atom. The topological polar surface area (TPSA) is 104 Å². The molecule has 0 radical (unpaired) electrons. The summed E-state index contributed by atoms with van der Waals surface area (Å²) in [6, 6.07) is 1.79. The van der Waals surface area contributed by atoms with Gasteiger partial charge in [0.05, 0.1) is 6.20 Å². The third kappa shape index (κ3) is 5.05. The number of nitrogens with zero attached hydrogens (tertiary/aromatic N) is 6. The van der Waals surface area contributed by atoms with Gasteiger partial charge in [-0.2, -0.15) is 18.3 Å². The molecule has 162 valence electrons. The molecule has 2 aromatic heterocycles. The van der Waals surface area contributed by atoms with Gasteiger partial charge in [0, 0.05) is 51.8 Å². The van der Waals surface area contributed by atoms with Gasteiger partial charge in [0.25, 0.3) is 5.91 Å². The highest BCUT2D eigenvalue weighted by atomic mass is 19.4. The van der Waals surface area contributed by atoms with Crippen LogP contribution in [0.25, 0.3) is 0 Å². The van der Waals surface area contributed by atoms with Crippen LogP contribution in [0.15, 0.2) is 30.9 Å². The summed E-state index contributed by atoms with van der Waals surface area (Å²) in [5.74, 6) is -0.701. The average molecular weight is 426 g/mol. The number of hydrogen-bond donors (Lipinski definition) is 1. The molecule has 2 fully saturated rings. The van der Waals surface area contributed by atoms with Crippen LogP contribution in [0.3, 0.4) is 0 Å². The number of aromatic nitrogens is 4. The number of aliphatic carboxylic acids is 1. The summed E-state index contributed by atoms with van der Waals surface area (Å²) in [4.78, 5) is 34.2. The summed E-state index contributed by atoms with van der Waals surface area (Å²) in [6.07, 6.45) is 3.05. The smallest absolute Gasteiger partial charge is 0.475 e. The van der Waals surface area contributed by atoms with E-state index in [0.29, 0.717) is 17.5 Å². The number of aryl methyl sites for hydroxylation is 1. The number of carboxylic acids is 1. The van der Waals surface area contributed by atoms with E-state index in [0.717, 1.165) is 38.4 Å². The molecule has 0 aliphatic carbocycles. The summed E-state index contributed by atoms with van der Waals surface area (Å²) in [7, 11) is 1.83. The summed E-state index contributed by atoms with van der Waals surface area (Å²) in [6.45, 7) is 3.56. The molecule has 2 saturated heterocycles. The Morgan fingerprint density at radius 1 is 1.17 bits per heavy atom. The van der Waals surface area contributed by atoms with Crippen molar-refractivity contribution < 1.29 is 27.9 Å². The normalized spacial score (nSPS) is 20.9. The first kappa shape index (κ1) is 21.5. The fourth-order valence-corrected chi connectivity index (χ4v) is 3.69. The number of anilines is 1. The molecule has 1 amide bonds. The zero-order valence-corrected chi connectivity index (χ0v) is 16.2. The molecule has 0 spiro atoms. The van der Waals surface area contributed by atoms with Gasteiger partial charge in [0.2, 0.25) is 0 Å². The van der Waals surface area contributed by atoms with Crippen LogP contribution in [0.5, 0.6) is 0 Å². The number of rotatable bonds is 2. The van der Waals surface area contributed by atoms with Crippen LogP contribution in [-0.2, 0) is 11.8 Å². The van der Waals surface area contributed by atoms with Gasteiger partial charge in [-0.15, -0.1) is 0 Å². The third-order valence-corrected chi connectivity index (χ3v) is 5.14. The molecule has 4 heterocycles. The van der Waals surface area contributed by atoms with E-state index in [1.807, 2.05) is 24.3 Å². The minimum Gasteiger partial charge on any atom is -0.475 e. The standard InChI is InChI=1S/C16H20N6O.C2HF3O2/c1-20-6-3-14(19-20)16(23)22-9-12-2-7-21(10-13(12)11-22)15-8-17-4-5-18-15;3-2(4,5)1(6)7/h3-6,8,12-13H,2,7,9-11H2,1H3;(H,6,7)/t12-,13+;/m0./s1. The lowest BCUT2D eigenvalue weighted by molar-refractivity contribution is -0.192. The molecule has 2 aromatic rings. The number of likely N-dealkylation sites (tertiary alicyclic amines) is 1. The highest BCUT2D eigenvalue weighted by molar-refractivity contribution is 5.92. The minimum atomic E-state index is -5.08. The molecule has 2 aliphatic rings. The maximum absolute atomic E-state index is 12.6. The van der Waals surface area contributed by atoms with Crippen molar-refractivity contribution in [2.45, 2.75) is 12.6 Å². The van der Waals surface area contributed by atoms with E-state index in [2.05, 4.69) is 20.0 Å². The highest BCUT2D eigenvalue weighted by Gasteiger charge is 2.40. The van der Waals surface area contributed by atoms with Crippen molar-refractivity contribution >= 4 is 17.7 Å². The zero-order chi connectivity index (χ0) is 21.9. The van der Waals surface area contributed by atoms with E-state index in [9.17, 15) is 18.0 Å². The number of alkyl halides is 3. The summed E-state index contributed by atoms with van der Waals surface area (Å²) >= 11 is 0. The second-order valence-electron chi connectivity index (χ2n) is 7.21. The Balaban J connectivity index is 0.000000318. The van der Waals surface area contributed by atoms with Crippen LogP contribution in [0.2, 0.25) is 0 Å². The molecule has 1 N–H and O–H groups in total. The van der Waals surface area contributed by atoms with Gasteiger partial charge in [-0.3, -0.25) is 14.5 Å². The largest absolute Gasteiger partial charge is 0.490 e. The van der Waals surface area contributed by atoms with Gasteiger partial charge in [0.1, 0.15) is 11.5 Å². The maximum Gasteiger partial charge on any atom is 0.490 e. The third-order valence-electron chi connectivity index (χ3n) is 5.14. The van der Waals surface area contributed by atoms with Crippen molar-refractivity contribution in [3.63, 3.8) is 0 Å². The minimum absolute atomic E-state index is 0.0473. The maximum atomic E-state index is 12.6. The average Bonchev–Trinajstić information content (AvgIpc) is 3.33. The first-order valence-electron chi connectivity index (χ1n) is 9.25. The monoisotopic (exact) mass is 426 g/mol. The second kappa shape index (κ2) is 8.67. The van der Waals surface area contributed by atoms with Crippen molar-refractivity contribution in [2.75, 3.05) is 31.1 Å². The van der Waals surface area contributed by atoms with Crippen molar-refractivity contribution in [1.82, 2.24) is 24.6 Å². The van der Waals surface area contributed by atoms with E-state index in [4.69, 9.17) is 9.90 Å². The quantitative estimate of drug-likeness (QED) is 0.775. The Labute approximate surface area is 170 Å². The molecule has 4 rings (SSSR count). The van der Waals surface area contributed by atoms with E-state index in [1.165, 1.54) is 0 Å². The lowest BCUT2D eigenvalue weighted by Gasteiger charge is -2.34. The second-order valence-corrected chi connectivity index (χ2v) is 7.21. The Kier molecular flexibility index (Phi) is 6.22. The molecule has 12 heteroatoms. The number of halogens is 3.